The van der Waals surface area contributed by atoms with Gasteiger partial charge in [0, 0.05) is 43.4 Å². The Morgan fingerprint density at radius 1 is 1.33 bits per heavy atom. The first-order chi connectivity index (χ1) is 13.1. The Balaban J connectivity index is 1.61. The van der Waals surface area contributed by atoms with Gasteiger partial charge in [0.15, 0.2) is 0 Å². The van der Waals surface area contributed by atoms with Crippen LogP contribution in [0.1, 0.15) is 6.42 Å². The van der Waals surface area contributed by atoms with E-state index in [0.29, 0.717) is 37.0 Å². The molecule has 0 N–H and O–H groups in total. The highest BCUT2D eigenvalue weighted by Gasteiger charge is 2.29. The molecule has 1 unspecified atom stereocenters. The maximum absolute atomic E-state index is 12.5. The highest BCUT2D eigenvalue weighted by Crippen LogP contribution is 2.27. The molecule has 1 saturated heterocycles. The molecule has 3 heterocycles. The Morgan fingerprint density at radius 3 is 2.96 bits per heavy atom. The molecule has 7 nitrogen and oxygen atoms in total. The Morgan fingerprint density at radius 2 is 2.22 bits per heavy atom. The van der Waals surface area contributed by atoms with Crippen molar-refractivity contribution >= 4 is 17.5 Å². The van der Waals surface area contributed by atoms with E-state index in [2.05, 4.69) is 20.9 Å². The van der Waals surface area contributed by atoms with Crippen molar-refractivity contribution < 1.29 is 4.74 Å². The maximum atomic E-state index is 12.5. The third-order valence-electron chi connectivity index (χ3n) is 4.90. The van der Waals surface area contributed by atoms with Crippen LogP contribution < -0.4 is 10.5 Å². The van der Waals surface area contributed by atoms with Gasteiger partial charge >= 0.3 is 0 Å². The summed E-state index contributed by atoms with van der Waals surface area (Å²) in [6, 6.07) is 3.25. The maximum Gasteiger partial charge on any atom is 0.255 e. The van der Waals surface area contributed by atoms with Crippen LogP contribution in [0, 0.1) is 5.92 Å². The SMILES string of the molecule is Cn1c(N2CCO[C@H](C3C=CC(Cl)=CC3)C2)nc(-c2ccncn2)cc1=O. The van der Waals surface area contributed by atoms with Crippen molar-refractivity contribution in [3.8, 4) is 11.4 Å². The molecule has 4 rings (SSSR count). The Hall–Kier alpha value is -2.51. The molecule has 2 aromatic heterocycles. The van der Waals surface area contributed by atoms with Gasteiger partial charge in [-0.15, -0.1) is 0 Å². The summed E-state index contributed by atoms with van der Waals surface area (Å²) < 4.78 is 7.56. The van der Waals surface area contributed by atoms with E-state index in [1.54, 1.807) is 23.9 Å². The number of anilines is 1. The molecule has 0 saturated carbocycles. The van der Waals surface area contributed by atoms with Crippen molar-refractivity contribution in [2.24, 2.45) is 13.0 Å². The zero-order valence-corrected chi connectivity index (χ0v) is 15.7. The van der Waals surface area contributed by atoms with E-state index in [9.17, 15) is 4.79 Å². The summed E-state index contributed by atoms with van der Waals surface area (Å²) in [6.07, 6.45) is 9.99. The predicted molar refractivity (Wildman–Crippen MR) is 104 cm³/mol. The molecular formula is C19H20ClN5O2. The van der Waals surface area contributed by atoms with Crippen LogP contribution in [0.15, 0.2) is 52.7 Å². The van der Waals surface area contributed by atoms with E-state index in [0.717, 1.165) is 11.5 Å². The van der Waals surface area contributed by atoms with Crippen LogP contribution in [0.3, 0.4) is 0 Å². The smallest absolute Gasteiger partial charge is 0.255 e. The number of hydrogen-bond acceptors (Lipinski definition) is 6. The van der Waals surface area contributed by atoms with Crippen LogP contribution in [0.5, 0.6) is 0 Å². The molecular weight excluding hydrogens is 366 g/mol. The lowest BCUT2D eigenvalue weighted by Crippen LogP contribution is -2.47. The minimum absolute atomic E-state index is 0.0237. The second kappa shape index (κ2) is 7.62. The molecule has 0 aromatic carbocycles. The molecule has 0 radical (unpaired) electrons. The summed E-state index contributed by atoms with van der Waals surface area (Å²) >= 11 is 6.02. The van der Waals surface area contributed by atoms with Crippen LogP contribution in [0.4, 0.5) is 5.95 Å². The van der Waals surface area contributed by atoms with E-state index in [1.165, 1.54) is 12.4 Å². The van der Waals surface area contributed by atoms with E-state index in [1.807, 2.05) is 12.2 Å². The normalized spacial score (nSPS) is 22.6. The third kappa shape index (κ3) is 3.79. The monoisotopic (exact) mass is 385 g/mol. The highest BCUT2D eigenvalue weighted by molar-refractivity contribution is 6.31. The molecule has 140 valence electrons. The average molecular weight is 386 g/mol. The summed E-state index contributed by atoms with van der Waals surface area (Å²) in [5, 5.41) is 0.764. The molecule has 1 aliphatic heterocycles. The molecule has 2 aromatic rings. The topological polar surface area (TPSA) is 73.1 Å². The Kier molecular flexibility index (Phi) is 5.05. The van der Waals surface area contributed by atoms with Crippen molar-refractivity contribution in [2.45, 2.75) is 12.5 Å². The fourth-order valence-electron chi connectivity index (χ4n) is 3.39. The first kappa shape index (κ1) is 17.9. The zero-order valence-electron chi connectivity index (χ0n) is 15.0. The fraction of sp³-hybridized carbons (Fsp3) is 0.368. The number of ether oxygens (including phenoxy) is 1. The fourth-order valence-corrected chi connectivity index (χ4v) is 3.55. The minimum atomic E-state index is -0.121. The third-order valence-corrected chi connectivity index (χ3v) is 5.18. The van der Waals surface area contributed by atoms with E-state index >= 15 is 0 Å². The van der Waals surface area contributed by atoms with Crippen molar-refractivity contribution in [2.75, 3.05) is 24.6 Å². The number of hydrogen-bond donors (Lipinski definition) is 0. The van der Waals surface area contributed by atoms with Crippen molar-refractivity contribution in [3.05, 3.63) is 58.3 Å². The van der Waals surface area contributed by atoms with Crippen LogP contribution in [0.2, 0.25) is 0 Å². The first-order valence-electron chi connectivity index (χ1n) is 8.86. The molecule has 1 aliphatic carbocycles. The van der Waals surface area contributed by atoms with Gasteiger partial charge in [0.05, 0.1) is 24.1 Å². The van der Waals surface area contributed by atoms with Gasteiger partial charge in [-0.05, 0) is 18.6 Å². The van der Waals surface area contributed by atoms with Gasteiger partial charge in [0.2, 0.25) is 5.95 Å². The lowest BCUT2D eigenvalue weighted by atomic mass is 9.93. The van der Waals surface area contributed by atoms with Gasteiger partial charge in [0.25, 0.3) is 5.56 Å². The summed E-state index contributed by atoms with van der Waals surface area (Å²) in [5.74, 6) is 0.884. The molecule has 2 aliphatic rings. The van der Waals surface area contributed by atoms with Crippen molar-refractivity contribution in [1.82, 2.24) is 19.5 Å². The van der Waals surface area contributed by atoms with Crippen LogP contribution in [0.25, 0.3) is 11.4 Å². The highest BCUT2D eigenvalue weighted by atomic mass is 35.5. The van der Waals surface area contributed by atoms with Crippen LogP contribution in [-0.2, 0) is 11.8 Å². The second-order valence-electron chi connectivity index (χ2n) is 6.64. The molecule has 0 amide bonds. The van der Waals surface area contributed by atoms with Crippen molar-refractivity contribution in [3.63, 3.8) is 0 Å². The van der Waals surface area contributed by atoms with Gasteiger partial charge in [-0.2, -0.15) is 0 Å². The van der Waals surface area contributed by atoms with Gasteiger partial charge in [-0.25, -0.2) is 15.0 Å². The van der Waals surface area contributed by atoms with Gasteiger partial charge in [-0.1, -0.05) is 23.8 Å². The number of nitrogens with zero attached hydrogens (tertiary/aromatic N) is 5. The number of halogens is 1. The number of aromatic nitrogens is 4. The second-order valence-corrected chi connectivity index (χ2v) is 7.07. The Labute approximate surface area is 162 Å². The summed E-state index contributed by atoms with van der Waals surface area (Å²) in [4.78, 5) is 27.4. The number of allylic oxidation sites excluding steroid dienone is 3. The molecule has 0 bridgehead atoms. The average Bonchev–Trinajstić information content (AvgIpc) is 2.71. The molecule has 8 heteroatoms. The van der Waals surface area contributed by atoms with Crippen molar-refractivity contribution in [1.29, 1.82) is 0 Å². The summed E-state index contributed by atoms with van der Waals surface area (Å²) in [5.41, 5.74) is 1.05. The van der Waals surface area contributed by atoms with Gasteiger partial charge in [0.1, 0.15) is 6.33 Å². The predicted octanol–water partition coefficient (Wildman–Crippen LogP) is 2.14. The minimum Gasteiger partial charge on any atom is -0.374 e. The van der Waals surface area contributed by atoms with Crippen LogP contribution >= 0.6 is 11.6 Å². The number of rotatable bonds is 3. The molecule has 1 fully saturated rings. The molecule has 2 atom stereocenters. The lowest BCUT2D eigenvalue weighted by Gasteiger charge is -2.37. The molecule has 27 heavy (non-hydrogen) atoms. The summed E-state index contributed by atoms with van der Waals surface area (Å²) in [7, 11) is 1.74. The van der Waals surface area contributed by atoms with Gasteiger partial charge in [-0.3, -0.25) is 9.36 Å². The standard InChI is InChI=1S/C19H20ClN5O2/c1-24-18(26)10-16(15-6-7-21-12-22-15)23-19(24)25-8-9-27-17(11-25)13-2-4-14(20)5-3-13/h2,4-7,10,12-13,17H,3,8-9,11H2,1H3/t13?,17-/m0/s1. The Bertz CT molecular complexity index is 941. The van der Waals surface area contributed by atoms with E-state index in [4.69, 9.17) is 21.3 Å². The zero-order chi connectivity index (χ0) is 18.8. The van der Waals surface area contributed by atoms with E-state index < -0.39 is 0 Å². The van der Waals surface area contributed by atoms with Crippen LogP contribution in [-0.4, -0.2) is 45.3 Å². The largest absolute Gasteiger partial charge is 0.374 e. The summed E-state index contributed by atoms with van der Waals surface area (Å²) in [6.45, 7) is 1.92. The van der Waals surface area contributed by atoms with E-state index in [-0.39, 0.29) is 17.6 Å². The molecule has 0 spiro atoms. The lowest BCUT2D eigenvalue weighted by molar-refractivity contribution is 0.0139. The van der Waals surface area contributed by atoms with Gasteiger partial charge < -0.3 is 9.64 Å². The quantitative estimate of drug-likeness (QED) is 0.806. The first-order valence-corrected chi connectivity index (χ1v) is 9.24. The number of morpholine rings is 1.